The zero-order valence-electron chi connectivity index (χ0n) is 10.4. The number of nitrogens with one attached hydrogen (secondary N) is 2. The SMILES string of the molecule is CC(I)N1CC(NC(=O)NC2CCCCC2)C1. The van der Waals surface area contributed by atoms with Crippen molar-refractivity contribution in [3.05, 3.63) is 0 Å². The van der Waals surface area contributed by atoms with E-state index >= 15 is 0 Å². The second kappa shape index (κ2) is 6.22. The van der Waals surface area contributed by atoms with Crippen LogP contribution in [0.2, 0.25) is 0 Å². The highest BCUT2D eigenvalue weighted by molar-refractivity contribution is 14.1. The van der Waals surface area contributed by atoms with Gasteiger partial charge in [0, 0.05) is 19.1 Å². The molecule has 0 aromatic rings. The molecule has 1 aliphatic carbocycles. The summed E-state index contributed by atoms with van der Waals surface area (Å²) in [5, 5.41) is 6.15. The largest absolute Gasteiger partial charge is 0.335 e. The normalized spacial score (nSPS) is 25.1. The summed E-state index contributed by atoms with van der Waals surface area (Å²) < 4.78 is 0.562. The molecule has 1 saturated carbocycles. The molecular formula is C12H22IN3O. The molecule has 2 amide bonds. The van der Waals surface area contributed by atoms with E-state index in [1.807, 2.05) is 0 Å². The second-order valence-corrected chi connectivity index (χ2v) is 6.98. The molecule has 1 heterocycles. The zero-order valence-corrected chi connectivity index (χ0v) is 12.6. The molecule has 1 aliphatic heterocycles. The molecule has 0 radical (unpaired) electrons. The number of carbonyl (C=O) groups excluding carboxylic acids is 1. The monoisotopic (exact) mass is 351 g/mol. The van der Waals surface area contributed by atoms with Crippen molar-refractivity contribution in [3.8, 4) is 0 Å². The number of hydrogen-bond donors (Lipinski definition) is 2. The molecule has 0 spiro atoms. The number of alkyl halides is 1. The van der Waals surface area contributed by atoms with Gasteiger partial charge in [0.2, 0.25) is 0 Å². The fraction of sp³-hybridized carbons (Fsp3) is 0.917. The summed E-state index contributed by atoms with van der Waals surface area (Å²) >= 11 is 2.41. The highest BCUT2D eigenvalue weighted by atomic mass is 127. The number of rotatable bonds is 3. The third kappa shape index (κ3) is 3.98. The van der Waals surface area contributed by atoms with Gasteiger partial charge in [-0.2, -0.15) is 0 Å². The first-order valence-electron chi connectivity index (χ1n) is 6.60. The van der Waals surface area contributed by atoms with E-state index in [0.717, 1.165) is 25.9 Å². The van der Waals surface area contributed by atoms with Crippen molar-refractivity contribution < 1.29 is 4.79 Å². The Bertz CT molecular complexity index is 260. The van der Waals surface area contributed by atoms with Gasteiger partial charge >= 0.3 is 6.03 Å². The Morgan fingerprint density at radius 2 is 1.76 bits per heavy atom. The topological polar surface area (TPSA) is 44.4 Å². The van der Waals surface area contributed by atoms with Gasteiger partial charge < -0.3 is 10.6 Å². The Labute approximate surface area is 117 Å². The van der Waals surface area contributed by atoms with E-state index in [1.54, 1.807) is 0 Å². The predicted molar refractivity (Wildman–Crippen MR) is 77.4 cm³/mol. The lowest BCUT2D eigenvalue weighted by atomic mass is 9.96. The number of hydrogen-bond acceptors (Lipinski definition) is 2. The number of likely N-dealkylation sites (tertiary alicyclic amines) is 1. The van der Waals surface area contributed by atoms with Crippen molar-refractivity contribution in [2.75, 3.05) is 13.1 Å². The lowest BCUT2D eigenvalue weighted by Gasteiger charge is -2.41. The molecule has 2 rings (SSSR count). The fourth-order valence-electron chi connectivity index (χ4n) is 2.55. The molecular weight excluding hydrogens is 329 g/mol. The first-order valence-corrected chi connectivity index (χ1v) is 7.85. The summed E-state index contributed by atoms with van der Waals surface area (Å²) in [6, 6.07) is 0.780. The third-order valence-corrected chi connectivity index (χ3v) is 4.48. The minimum atomic E-state index is 0.0302. The van der Waals surface area contributed by atoms with Crippen LogP contribution >= 0.6 is 22.6 Å². The first-order chi connectivity index (χ1) is 8.15. The van der Waals surface area contributed by atoms with Crippen LogP contribution < -0.4 is 10.6 Å². The molecule has 0 bridgehead atoms. The van der Waals surface area contributed by atoms with Gasteiger partial charge in [-0.05, 0) is 19.8 Å². The number of amides is 2. The third-order valence-electron chi connectivity index (χ3n) is 3.69. The van der Waals surface area contributed by atoms with Gasteiger partial charge in [-0.1, -0.05) is 41.9 Å². The molecule has 1 saturated heterocycles. The molecule has 1 unspecified atom stereocenters. The maximum atomic E-state index is 11.7. The molecule has 0 aromatic carbocycles. The Balaban J connectivity index is 1.61. The number of carbonyl (C=O) groups is 1. The molecule has 1 atom stereocenters. The molecule has 4 nitrogen and oxygen atoms in total. The van der Waals surface area contributed by atoms with E-state index in [1.165, 1.54) is 19.3 Å². The van der Waals surface area contributed by atoms with Crippen molar-refractivity contribution in [2.45, 2.75) is 55.2 Å². The number of nitrogens with zero attached hydrogens (tertiary/aromatic N) is 1. The van der Waals surface area contributed by atoms with E-state index in [-0.39, 0.29) is 6.03 Å². The lowest BCUT2D eigenvalue weighted by Crippen LogP contribution is -2.62. The molecule has 2 N–H and O–H groups in total. The highest BCUT2D eigenvalue weighted by Crippen LogP contribution is 2.18. The van der Waals surface area contributed by atoms with Crippen LogP contribution in [-0.2, 0) is 0 Å². The van der Waals surface area contributed by atoms with E-state index in [9.17, 15) is 4.79 Å². The highest BCUT2D eigenvalue weighted by Gasteiger charge is 2.30. The summed E-state index contributed by atoms with van der Waals surface area (Å²) in [6.45, 7) is 4.16. The summed E-state index contributed by atoms with van der Waals surface area (Å²) in [7, 11) is 0. The summed E-state index contributed by atoms with van der Waals surface area (Å²) in [6.07, 6.45) is 6.14. The van der Waals surface area contributed by atoms with Crippen LogP contribution in [0.5, 0.6) is 0 Å². The Hall–Kier alpha value is -0.0400. The van der Waals surface area contributed by atoms with E-state index < -0.39 is 0 Å². The standard InChI is InChI=1S/C12H22IN3O/c1-9(13)16-7-11(8-16)15-12(17)14-10-5-3-2-4-6-10/h9-11H,2-8H2,1H3,(H2,14,15,17). The average Bonchev–Trinajstić information content (AvgIpc) is 2.23. The van der Waals surface area contributed by atoms with Gasteiger partial charge in [-0.15, -0.1) is 0 Å². The van der Waals surface area contributed by atoms with Gasteiger partial charge in [0.25, 0.3) is 0 Å². The van der Waals surface area contributed by atoms with Gasteiger partial charge in [-0.25, -0.2) is 4.79 Å². The van der Waals surface area contributed by atoms with Crippen molar-refractivity contribution in [2.24, 2.45) is 0 Å². The lowest BCUT2D eigenvalue weighted by molar-refractivity contribution is 0.128. The Morgan fingerprint density at radius 3 is 2.35 bits per heavy atom. The van der Waals surface area contributed by atoms with Crippen LogP contribution in [-0.4, -0.2) is 40.2 Å². The zero-order chi connectivity index (χ0) is 12.3. The van der Waals surface area contributed by atoms with Crippen LogP contribution in [0.4, 0.5) is 4.79 Å². The Kier molecular flexibility index (Phi) is 4.90. The van der Waals surface area contributed by atoms with Crippen LogP contribution in [0.25, 0.3) is 0 Å². The van der Waals surface area contributed by atoms with Gasteiger partial charge in [0.05, 0.1) is 10.1 Å². The smallest absolute Gasteiger partial charge is 0.315 e. The van der Waals surface area contributed by atoms with E-state index in [2.05, 4.69) is 45.0 Å². The van der Waals surface area contributed by atoms with Gasteiger partial charge in [0.15, 0.2) is 0 Å². The molecule has 2 aliphatic rings. The summed E-state index contributed by atoms with van der Waals surface area (Å²) in [5.41, 5.74) is 0. The molecule has 0 aromatic heterocycles. The molecule has 5 heteroatoms. The molecule has 98 valence electrons. The van der Waals surface area contributed by atoms with Crippen LogP contribution in [0.1, 0.15) is 39.0 Å². The van der Waals surface area contributed by atoms with Gasteiger partial charge in [0.1, 0.15) is 0 Å². The minimum absolute atomic E-state index is 0.0302. The van der Waals surface area contributed by atoms with E-state index in [4.69, 9.17) is 0 Å². The molecule has 17 heavy (non-hydrogen) atoms. The Morgan fingerprint density at radius 1 is 1.18 bits per heavy atom. The fourth-order valence-corrected chi connectivity index (χ4v) is 3.01. The quantitative estimate of drug-likeness (QED) is 0.465. The minimum Gasteiger partial charge on any atom is -0.335 e. The van der Waals surface area contributed by atoms with Crippen LogP contribution in [0.15, 0.2) is 0 Å². The predicted octanol–water partition coefficient (Wildman–Crippen LogP) is 2.08. The van der Waals surface area contributed by atoms with Crippen LogP contribution in [0.3, 0.4) is 0 Å². The van der Waals surface area contributed by atoms with Crippen molar-refractivity contribution in [3.63, 3.8) is 0 Å². The maximum Gasteiger partial charge on any atom is 0.315 e. The second-order valence-electron chi connectivity index (χ2n) is 5.18. The number of urea groups is 1. The first kappa shape index (κ1) is 13.4. The summed E-state index contributed by atoms with van der Waals surface area (Å²) in [5.74, 6) is 0. The summed E-state index contributed by atoms with van der Waals surface area (Å²) in [4.78, 5) is 14.1. The number of halogens is 1. The molecule has 2 fully saturated rings. The average molecular weight is 351 g/mol. The van der Waals surface area contributed by atoms with Gasteiger partial charge in [-0.3, -0.25) is 4.90 Å². The van der Waals surface area contributed by atoms with Crippen molar-refractivity contribution in [1.82, 2.24) is 15.5 Å². The maximum absolute atomic E-state index is 11.7. The van der Waals surface area contributed by atoms with E-state index in [0.29, 0.717) is 16.1 Å². The van der Waals surface area contributed by atoms with Crippen LogP contribution in [0, 0.1) is 0 Å². The van der Waals surface area contributed by atoms with Crippen molar-refractivity contribution >= 4 is 28.6 Å². The van der Waals surface area contributed by atoms with Crippen molar-refractivity contribution in [1.29, 1.82) is 0 Å².